The van der Waals surface area contributed by atoms with E-state index >= 15 is 0 Å². The predicted octanol–water partition coefficient (Wildman–Crippen LogP) is 3.47. The van der Waals surface area contributed by atoms with E-state index in [4.69, 9.17) is 5.26 Å². The maximum Gasteiger partial charge on any atom is 0.261 e. The normalized spacial score (nSPS) is 15.0. The van der Waals surface area contributed by atoms with Crippen LogP contribution >= 0.6 is 0 Å². The van der Waals surface area contributed by atoms with E-state index in [1.165, 1.54) is 12.1 Å². The number of rotatable bonds is 5. The maximum atomic E-state index is 13.1. The van der Waals surface area contributed by atoms with Crippen molar-refractivity contribution in [2.75, 3.05) is 5.32 Å². The first-order valence-corrected chi connectivity index (χ1v) is 8.17. The Morgan fingerprint density at radius 2 is 2.12 bits per heavy atom. The molecule has 1 fully saturated rings. The van der Waals surface area contributed by atoms with Crippen LogP contribution in [0.3, 0.4) is 0 Å². The van der Waals surface area contributed by atoms with Crippen LogP contribution in [0.5, 0.6) is 0 Å². The van der Waals surface area contributed by atoms with Crippen molar-refractivity contribution in [3.05, 3.63) is 52.7 Å². The van der Waals surface area contributed by atoms with E-state index in [-0.39, 0.29) is 17.4 Å². The van der Waals surface area contributed by atoms with Gasteiger partial charge in [-0.1, -0.05) is 0 Å². The molecule has 0 radical (unpaired) electrons. The molecule has 2 N–H and O–H groups in total. The summed E-state index contributed by atoms with van der Waals surface area (Å²) in [4.78, 5) is 15.0. The highest BCUT2D eigenvalue weighted by Crippen LogP contribution is 2.42. The highest BCUT2D eigenvalue weighted by molar-refractivity contribution is 5.91. The lowest BCUT2D eigenvalue weighted by Gasteiger charge is -2.14. The zero-order valence-electron chi connectivity index (χ0n) is 13.4. The number of hydrogen-bond acceptors (Lipinski definition) is 4. The summed E-state index contributed by atoms with van der Waals surface area (Å²) in [6.07, 6.45) is 4.07. The predicted molar refractivity (Wildman–Crippen MR) is 92.0 cm³/mol. The molecule has 1 saturated carbocycles. The first-order valence-electron chi connectivity index (χ1n) is 8.17. The minimum absolute atomic E-state index is 0.0435. The van der Waals surface area contributed by atoms with Gasteiger partial charge in [0.2, 0.25) is 0 Å². The third-order valence-corrected chi connectivity index (χ3v) is 4.52. The molecule has 2 aromatic heterocycles. The van der Waals surface area contributed by atoms with Crippen LogP contribution in [0.4, 0.5) is 15.9 Å². The van der Waals surface area contributed by atoms with E-state index < -0.39 is 0 Å². The Kier molecular flexibility index (Phi) is 3.73. The average Bonchev–Trinajstić information content (AvgIpc) is 3.38. The molecule has 0 saturated heterocycles. The smallest absolute Gasteiger partial charge is 0.261 e. The molecule has 1 aromatic carbocycles. The Morgan fingerprint density at radius 1 is 1.36 bits per heavy atom. The largest absolute Gasteiger partial charge is 0.338 e. The van der Waals surface area contributed by atoms with Gasteiger partial charge in [-0.2, -0.15) is 10.4 Å². The van der Waals surface area contributed by atoms with Crippen molar-refractivity contribution in [3.63, 3.8) is 0 Å². The molecule has 1 aliphatic carbocycles. The van der Waals surface area contributed by atoms with Crippen molar-refractivity contribution in [2.45, 2.75) is 25.3 Å². The molecular formula is C18H16FN5O. The van der Waals surface area contributed by atoms with Gasteiger partial charge in [0, 0.05) is 11.9 Å². The van der Waals surface area contributed by atoms with Gasteiger partial charge in [-0.15, -0.1) is 0 Å². The van der Waals surface area contributed by atoms with Gasteiger partial charge >= 0.3 is 0 Å². The topological polar surface area (TPSA) is 86.5 Å². The molecule has 1 aliphatic rings. The molecule has 25 heavy (non-hydrogen) atoms. The minimum Gasteiger partial charge on any atom is -0.338 e. The van der Waals surface area contributed by atoms with E-state index in [1.807, 2.05) is 0 Å². The average molecular weight is 337 g/mol. The van der Waals surface area contributed by atoms with Crippen LogP contribution in [-0.2, 0) is 0 Å². The number of pyridine rings is 1. The number of aromatic amines is 1. The highest BCUT2D eigenvalue weighted by atomic mass is 19.1. The Balaban J connectivity index is 1.82. The molecule has 0 aliphatic heterocycles. The van der Waals surface area contributed by atoms with Gasteiger partial charge in [-0.3, -0.25) is 9.48 Å². The zero-order valence-corrected chi connectivity index (χ0v) is 13.4. The molecule has 4 rings (SSSR count). The fourth-order valence-corrected chi connectivity index (χ4v) is 3.14. The molecule has 0 spiro atoms. The van der Waals surface area contributed by atoms with Gasteiger partial charge in [-0.05, 0) is 49.1 Å². The molecule has 0 amide bonds. The SMILES string of the molecule is N#CCC(C1CC1)n1nc(Nc2ccc(F)cc2)c2c(=O)[nH]ccc21. The second-order valence-corrected chi connectivity index (χ2v) is 6.26. The van der Waals surface area contributed by atoms with Crippen molar-refractivity contribution in [2.24, 2.45) is 5.92 Å². The van der Waals surface area contributed by atoms with Crippen molar-refractivity contribution < 1.29 is 4.39 Å². The Bertz CT molecular complexity index is 1010. The molecule has 1 atom stereocenters. The maximum absolute atomic E-state index is 13.1. The van der Waals surface area contributed by atoms with Crippen molar-refractivity contribution in [3.8, 4) is 6.07 Å². The van der Waals surface area contributed by atoms with Gasteiger partial charge in [0.1, 0.15) is 11.2 Å². The summed E-state index contributed by atoms with van der Waals surface area (Å²) in [5, 5.41) is 17.3. The fourth-order valence-electron chi connectivity index (χ4n) is 3.14. The fraction of sp³-hybridized carbons (Fsp3) is 0.278. The highest BCUT2D eigenvalue weighted by Gasteiger charge is 2.34. The lowest BCUT2D eigenvalue weighted by molar-refractivity contribution is 0.426. The second-order valence-electron chi connectivity index (χ2n) is 6.26. The van der Waals surface area contributed by atoms with Gasteiger partial charge in [-0.25, -0.2) is 4.39 Å². The molecule has 1 unspecified atom stereocenters. The third-order valence-electron chi connectivity index (χ3n) is 4.52. The van der Waals surface area contributed by atoms with Crippen LogP contribution in [0.1, 0.15) is 25.3 Å². The van der Waals surface area contributed by atoms with Crippen molar-refractivity contribution in [1.29, 1.82) is 5.26 Å². The quantitative estimate of drug-likeness (QED) is 0.746. The standard InChI is InChI=1S/C18H16FN5O/c19-12-3-5-13(6-4-12)22-17-16-15(8-10-21-18(16)25)24(23-17)14(7-9-20)11-1-2-11/h3-6,8,10-11,14H,1-2,7H2,(H,21,25)(H,22,23). The number of H-pyrrole nitrogens is 1. The number of anilines is 2. The second kappa shape index (κ2) is 6.06. The van der Waals surface area contributed by atoms with Gasteiger partial charge in [0.25, 0.3) is 5.56 Å². The van der Waals surface area contributed by atoms with E-state index in [2.05, 4.69) is 21.5 Å². The number of halogens is 1. The number of fused-ring (bicyclic) bond motifs is 1. The van der Waals surface area contributed by atoms with Gasteiger partial charge in [0.05, 0.1) is 24.0 Å². The lowest BCUT2D eigenvalue weighted by Crippen LogP contribution is -2.13. The summed E-state index contributed by atoms with van der Waals surface area (Å²) in [6, 6.07) is 9.84. The molecular weight excluding hydrogens is 321 g/mol. The molecule has 6 nitrogen and oxygen atoms in total. The first kappa shape index (κ1) is 15.4. The molecule has 2 heterocycles. The third kappa shape index (κ3) is 2.87. The summed E-state index contributed by atoms with van der Waals surface area (Å²) in [7, 11) is 0. The summed E-state index contributed by atoms with van der Waals surface area (Å²) in [5.74, 6) is 0.495. The number of benzene rings is 1. The monoisotopic (exact) mass is 337 g/mol. The van der Waals surface area contributed by atoms with Crippen LogP contribution in [-0.4, -0.2) is 14.8 Å². The summed E-state index contributed by atoms with van der Waals surface area (Å²) >= 11 is 0. The number of nitrogens with zero attached hydrogens (tertiary/aromatic N) is 3. The van der Waals surface area contributed by atoms with Crippen LogP contribution in [0.2, 0.25) is 0 Å². The first-order chi connectivity index (χ1) is 12.2. The van der Waals surface area contributed by atoms with E-state index in [0.717, 1.165) is 12.8 Å². The number of aromatic nitrogens is 3. The summed E-state index contributed by atoms with van der Waals surface area (Å²) in [5.41, 5.74) is 1.08. The Hall–Kier alpha value is -3.14. The summed E-state index contributed by atoms with van der Waals surface area (Å²) in [6.45, 7) is 0. The van der Waals surface area contributed by atoms with Crippen molar-refractivity contribution >= 4 is 22.4 Å². The van der Waals surface area contributed by atoms with Gasteiger partial charge in [0.15, 0.2) is 5.82 Å². The van der Waals surface area contributed by atoms with Crippen LogP contribution < -0.4 is 10.9 Å². The number of nitrogens with one attached hydrogen (secondary N) is 2. The van der Waals surface area contributed by atoms with Crippen LogP contribution in [0, 0.1) is 23.1 Å². The number of nitriles is 1. The summed E-state index contributed by atoms with van der Waals surface area (Å²) < 4.78 is 14.9. The molecule has 3 aromatic rings. The van der Waals surface area contributed by atoms with E-state index in [0.29, 0.717) is 34.7 Å². The lowest BCUT2D eigenvalue weighted by atomic mass is 10.1. The van der Waals surface area contributed by atoms with E-state index in [9.17, 15) is 9.18 Å². The zero-order chi connectivity index (χ0) is 17.4. The van der Waals surface area contributed by atoms with Crippen molar-refractivity contribution in [1.82, 2.24) is 14.8 Å². The van der Waals surface area contributed by atoms with Crippen LogP contribution in [0.25, 0.3) is 10.9 Å². The molecule has 126 valence electrons. The minimum atomic E-state index is -0.332. The Morgan fingerprint density at radius 3 is 2.80 bits per heavy atom. The molecule has 0 bridgehead atoms. The van der Waals surface area contributed by atoms with Crippen LogP contribution in [0.15, 0.2) is 41.3 Å². The Labute approximate surface area is 142 Å². The van der Waals surface area contributed by atoms with Gasteiger partial charge < -0.3 is 10.3 Å². The molecule has 7 heteroatoms. The number of hydrogen-bond donors (Lipinski definition) is 2. The van der Waals surface area contributed by atoms with E-state index in [1.54, 1.807) is 29.1 Å².